The van der Waals surface area contributed by atoms with Gasteiger partial charge in [0.1, 0.15) is 22.9 Å². The molecule has 234 valence electrons. The Balaban J connectivity index is 1.33. The van der Waals surface area contributed by atoms with Gasteiger partial charge in [-0.2, -0.15) is 0 Å². The Morgan fingerprint density at radius 1 is 0.891 bits per heavy atom. The Hall–Kier alpha value is -5.03. The van der Waals surface area contributed by atoms with E-state index in [9.17, 15) is 43.7 Å². The number of fused-ring (bicyclic) bond motifs is 4. The lowest BCUT2D eigenvalue weighted by atomic mass is 9.51. The number of allylic oxidation sites excluding steroid dienone is 2. The van der Waals surface area contributed by atoms with Crippen LogP contribution in [0.5, 0.6) is 11.5 Å². The highest BCUT2D eigenvalue weighted by molar-refractivity contribution is 6.32. The van der Waals surface area contributed by atoms with E-state index >= 15 is 0 Å². The van der Waals surface area contributed by atoms with Gasteiger partial charge in [-0.25, -0.2) is 19.0 Å². The van der Waals surface area contributed by atoms with Crippen molar-refractivity contribution in [3.05, 3.63) is 94.3 Å². The van der Waals surface area contributed by atoms with Crippen LogP contribution in [0.4, 0.5) is 15.8 Å². The molecule has 0 bridgehead atoms. The Labute approximate surface area is 266 Å². The van der Waals surface area contributed by atoms with Crippen LogP contribution in [0.15, 0.2) is 72.3 Å². The van der Waals surface area contributed by atoms with Crippen LogP contribution in [0, 0.1) is 34.9 Å². The van der Waals surface area contributed by atoms with Crippen molar-refractivity contribution in [1.29, 1.82) is 0 Å². The van der Waals surface area contributed by atoms with Crippen molar-refractivity contribution in [2.75, 3.05) is 9.80 Å². The Morgan fingerprint density at radius 2 is 1.57 bits per heavy atom. The molecule has 2 heterocycles. The van der Waals surface area contributed by atoms with E-state index in [0.717, 1.165) is 33.6 Å². The minimum atomic E-state index is -1.37. The highest BCUT2D eigenvalue weighted by atomic mass is 35.5. The lowest BCUT2D eigenvalue weighted by molar-refractivity contribution is -0.131. The first-order valence-corrected chi connectivity index (χ1v) is 15.0. The molecular weight excluding hydrogens is 619 g/mol. The van der Waals surface area contributed by atoms with E-state index in [1.165, 1.54) is 30.3 Å². The maximum absolute atomic E-state index is 14.4. The number of hydrogen-bond donors (Lipinski definition) is 3. The van der Waals surface area contributed by atoms with Crippen molar-refractivity contribution in [3.63, 3.8) is 0 Å². The smallest absolute Gasteiger partial charge is 0.339 e. The first-order chi connectivity index (χ1) is 21.8. The number of imide groups is 2. The van der Waals surface area contributed by atoms with E-state index in [1.54, 1.807) is 19.1 Å². The fourth-order valence-corrected chi connectivity index (χ4v) is 8.20. The number of benzene rings is 3. The predicted molar refractivity (Wildman–Crippen MR) is 162 cm³/mol. The van der Waals surface area contributed by atoms with Crippen LogP contribution in [-0.4, -0.2) is 44.9 Å². The number of hydrogen-bond acceptors (Lipinski definition) is 7. The lowest BCUT2D eigenvalue weighted by Gasteiger charge is -2.49. The summed E-state index contributed by atoms with van der Waals surface area (Å²) in [6.07, 6.45) is 2.11. The van der Waals surface area contributed by atoms with Gasteiger partial charge >= 0.3 is 5.97 Å². The zero-order valence-electron chi connectivity index (χ0n) is 24.2. The minimum absolute atomic E-state index is 0.00344. The molecule has 3 N–H and O–H groups in total. The number of carbonyl (C=O) groups is 5. The Morgan fingerprint density at radius 3 is 2.22 bits per heavy atom. The van der Waals surface area contributed by atoms with Crippen LogP contribution in [0.25, 0.3) is 0 Å². The molecule has 2 aliphatic heterocycles. The molecule has 3 aromatic carbocycles. The number of anilines is 2. The number of carbonyl (C=O) groups excluding carboxylic acids is 4. The highest BCUT2D eigenvalue weighted by Crippen LogP contribution is 2.63. The third-order valence-electron chi connectivity index (χ3n) is 10.1. The first kappa shape index (κ1) is 29.7. The zero-order valence-corrected chi connectivity index (χ0v) is 24.9. The van der Waals surface area contributed by atoms with Gasteiger partial charge in [-0.15, -0.1) is 0 Å². The first-order valence-electron chi connectivity index (χ1n) is 14.6. The second-order valence-electron chi connectivity index (χ2n) is 12.4. The van der Waals surface area contributed by atoms with Crippen LogP contribution in [-0.2, 0) is 19.2 Å². The second kappa shape index (κ2) is 10.2. The lowest BCUT2D eigenvalue weighted by Crippen LogP contribution is -2.48. The summed E-state index contributed by atoms with van der Waals surface area (Å²) in [5, 5.41) is 29.4. The van der Waals surface area contributed by atoms with E-state index in [-0.39, 0.29) is 40.6 Å². The number of carboxylic acids is 1. The van der Waals surface area contributed by atoms with Crippen LogP contribution >= 0.6 is 11.6 Å². The average Bonchev–Trinajstić information content (AvgIpc) is 3.38. The summed E-state index contributed by atoms with van der Waals surface area (Å²) in [7, 11) is 0. The van der Waals surface area contributed by atoms with Crippen LogP contribution in [0.2, 0.25) is 5.02 Å². The summed E-state index contributed by atoms with van der Waals surface area (Å²) >= 11 is 6.03. The quantitative estimate of drug-likeness (QED) is 0.264. The standard InChI is InChI=1S/C34H26ClFN2O8/c1-34-23(30(42)38(33(34)46)16-5-11-25(36)24(35)12-16)14-22-19(28(34)15-2-6-18(39)7-3-15)9-10-21-27(22)31(43)37(29(21)41)17-4-8-20(32(44)45)26(40)13-17/h2-9,11-13,21-23,27-28,39-40H,10,14H2,1H3,(H,44,45)/t21-,22+,23-,27-,28-,34+/m0/s1. The van der Waals surface area contributed by atoms with Gasteiger partial charge in [0.2, 0.25) is 23.6 Å². The van der Waals surface area contributed by atoms with E-state index < -0.39 is 76.2 Å². The molecule has 46 heavy (non-hydrogen) atoms. The molecule has 0 unspecified atom stereocenters. The Bertz CT molecular complexity index is 1930. The molecule has 10 nitrogen and oxygen atoms in total. The van der Waals surface area contributed by atoms with Crippen molar-refractivity contribution in [2.45, 2.75) is 25.7 Å². The topological polar surface area (TPSA) is 153 Å². The van der Waals surface area contributed by atoms with Gasteiger partial charge in [0.15, 0.2) is 0 Å². The van der Waals surface area contributed by atoms with Gasteiger partial charge in [-0.05, 0) is 73.7 Å². The third-order valence-corrected chi connectivity index (χ3v) is 10.4. The molecule has 0 aromatic heterocycles. The van der Waals surface area contributed by atoms with Crippen molar-refractivity contribution in [3.8, 4) is 11.5 Å². The van der Waals surface area contributed by atoms with Gasteiger partial charge in [0.25, 0.3) is 0 Å². The number of carboxylic acid groups (broad SMARTS) is 1. The summed E-state index contributed by atoms with van der Waals surface area (Å²) in [5.41, 5.74) is -0.243. The largest absolute Gasteiger partial charge is 0.508 e. The van der Waals surface area contributed by atoms with Gasteiger partial charge in [-0.3, -0.25) is 19.2 Å². The molecule has 3 fully saturated rings. The molecule has 2 aliphatic carbocycles. The van der Waals surface area contributed by atoms with Crippen molar-refractivity contribution < 1.29 is 43.7 Å². The van der Waals surface area contributed by atoms with Gasteiger partial charge in [-0.1, -0.05) is 35.4 Å². The van der Waals surface area contributed by atoms with Crippen LogP contribution < -0.4 is 9.80 Å². The van der Waals surface area contributed by atoms with E-state index in [2.05, 4.69) is 0 Å². The number of phenols is 2. The molecule has 4 aliphatic rings. The van der Waals surface area contributed by atoms with Crippen molar-refractivity contribution in [2.24, 2.45) is 29.1 Å². The number of amides is 4. The van der Waals surface area contributed by atoms with Gasteiger partial charge < -0.3 is 15.3 Å². The summed E-state index contributed by atoms with van der Waals surface area (Å²) in [6, 6.07) is 13.3. The monoisotopic (exact) mass is 644 g/mol. The molecule has 12 heteroatoms. The summed E-state index contributed by atoms with van der Waals surface area (Å²) in [5.74, 6) is -8.77. The molecule has 7 rings (SSSR count). The van der Waals surface area contributed by atoms with E-state index in [1.807, 2.05) is 6.08 Å². The van der Waals surface area contributed by atoms with Crippen molar-refractivity contribution >= 4 is 52.6 Å². The molecule has 1 saturated carbocycles. The fourth-order valence-electron chi connectivity index (χ4n) is 8.03. The minimum Gasteiger partial charge on any atom is -0.508 e. The third kappa shape index (κ3) is 4.04. The molecule has 0 radical (unpaired) electrons. The highest BCUT2D eigenvalue weighted by Gasteiger charge is 2.67. The summed E-state index contributed by atoms with van der Waals surface area (Å²) in [6.45, 7) is 1.70. The van der Waals surface area contributed by atoms with Crippen LogP contribution in [0.1, 0.15) is 41.6 Å². The number of aromatic hydroxyl groups is 2. The number of phenolic OH excluding ortho intramolecular Hbond substituents is 1. The normalized spacial score (nSPS) is 28.6. The molecule has 6 atom stereocenters. The SMILES string of the molecule is C[C@@]12C(=O)N(c3ccc(F)c(Cl)c3)C(=O)[C@@H]1C[C@@H]1C(=CC[C@@H]3C(=O)N(c4ccc(C(=O)O)c(O)c4)C(=O)[C@@H]31)[C@@H]2c1ccc(O)cc1. The number of aromatic carboxylic acids is 1. The predicted octanol–water partition coefficient (Wildman–Crippen LogP) is 5.02. The average molecular weight is 645 g/mol. The Kier molecular flexibility index (Phi) is 6.61. The summed E-state index contributed by atoms with van der Waals surface area (Å²) in [4.78, 5) is 69.8. The van der Waals surface area contributed by atoms with Crippen LogP contribution in [0.3, 0.4) is 0 Å². The molecule has 3 aromatic rings. The molecule has 4 amide bonds. The summed E-state index contributed by atoms with van der Waals surface area (Å²) < 4.78 is 14.0. The number of halogens is 2. The number of rotatable bonds is 4. The maximum atomic E-state index is 14.4. The molecule has 2 saturated heterocycles. The van der Waals surface area contributed by atoms with Gasteiger partial charge in [0, 0.05) is 12.0 Å². The second-order valence-corrected chi connectivity index (χ2v) is 12.8. The number of nitrogens with zero attached hydrogens (tertiary/aromatic N) is 2. The van der Waals surface area contributed by atoms with Crippen molar-refractivity contribution in [1.82, 2.24) is 0 Å². The van der Waals surface area contributed by atoms with E-state index in [4.69, 9.17) is 11.6 Å². The molecule has 0 spiro atoms. The van der Waals surface area contributed by atoms with Gasteiger partial charge in [0.05, 0.1) is 39.6 Å². The fraction of sp³-hybridized carbons (Fsp3) is 0.265. The zero-order chi connectivity index (χ0) is 32.8. The maximum Gasteiger partial charge on any atom is 0.339 e. The van der Waals surface area contributed by atoms with E-state index in [0.29, 0.717) is 5.56 Å². The molecular formula is C34H26ClFN2O8.